The Hall–Kier alpha value is -3.67. The largest absolute Gasteiger partial charge is 0.496 e. The molecule has 1 aliphatic heterocycles. The number of likely N-dealkylation sites (tertiary alicyclic amines) is 1. The molecule has 2 aromatic carbocycles. The minimum absolute atomic E-state index is 0.145. The van der Waals surface area contributed by atoms with Crippen molar-refractivity contribution in [3.05, 3.63) is 84.2 Å². The van der Waals surface area contributed by atoms with Gasteiger partial charge in [0, 0.05) is 31.0 Å². The third-order valence-corrected chi connectivity index (χ3v) is 6.24. The Morgan fingerprint density at radius 3 is 2.62 bits per heavy atom. The van der Waals surface area contributed by atoms with Crippen molar-refractivity contribution in [2.24, 2.45) is 11.1 Å². The zero-order valence-electron chi connectivity index (χ0n) is 18.2. The number of hydrogen-bond acceptors (Lipinski definition) is 4. The van der Waals surface area contributed by atoms with Crippen LogP contribution in [0.1, 0.15) is 28.8 Å². The van der Waals surface area contributed by atoms with Crippen LogP contribution in [0.25, 0.3) is 11.1 Å². The average Bonchev–Trinajstić information content (AvgIpc) is 2.84. The van der Waals surface area contributed by atoms with Gasteiger partial charge in [-0.1, -0.05) is 42.5 Å². The van der Waals surface area contributed by atoms with Gasteiger partial charge in [0.1, 0.15) is 5.75 Å². The monoisotopic (exact) mass is 429 g/mol. The number of piperidine rings is 1. The van der Waals surface area contributed by atoms with Crippen molar-refractivity contribution >= 4 is 11.8 Å². The molecule has 4 rings (SSSR count). The molecule has 1 saturated heterocycles. The smallest absolute Gasteiger partial charge is 0.257 e. The summed E-state index contributed by atoms with van der Waals surface area (Å²) in [6.45, 7) is 0.858. The maximum atomic E-state index is 13.3. The molecular formula is C26H27N3O3. The van der Waals surface area contributed by atoms with Gasteiger partial charge in [0.25, 0.3) is 5.91 Å². The first-order chi connectivity index (χ1) is 15.5. The van der Waals surface area contributed by atoms with Gasteiger partial charge in [0.2, 0.25) is 5.91 Å². The third-order valence-electron chi connectivity index (χ3n) is 6.24. The van der Waals surface area contributed by atoms with Gasteiger partial charge in [0.15, 0.2) is 0 Å². The van der Waals surface area contributed by atoms with Crippen molar-refractivity contribution in [2.75, 3.05) is 20.2 Å². The van der Waals surface area contributed by atoms with Crippen molar-refractivity contribution in [3.63, 3.8) is 0 Å². The van der Waals surface area contributed by atoms with Crippen LogP contribution in [0, 0.1) is 5.41 Å². The minimum Gasteiger partial charge on any atom is -0.496 e. The normalized spacial score (nSPS) is 18.2. The molecular weight excluding hydrogens is 402 g/mol. The first kappa shape index (κ1) is 21.6. The molecule has 6 heteroatoms. The second-order valence-electron chi connectivity index (χ2n) is 8.25. The van der Waals surface area contributed by atoms with E-state index in [0.717, 1.165) is 16.7 Å². The van der Waals surface area contributed by atoms with E-state index in [1.807, 2.05) is 54.7 Å². The summed E-state index contributed by atoms with van der Waals surface area (Å²) in [5.41, 5.74) is 8.66. The van der Waals surface area contributed by atoms with Gasteiger partial charge in [-0.25, -0.2) is 0 Å². The van der Waals surface area contributed by atoms with Gasteiger partial charge in [0.05, 0.1) is 18.1 Å². The molecule has 1 fully saturated rings. The van der Waals surface area contributed by atoms with Gasteiger partial charge in [-0.15, -0.1) is 0 Å². The number of aromatic nitrogens is 1. The number of pyridine rings is 1. The predicted molar refractivity (Wildman–Crippen MR) is 123 cm³/mol. The number of carbonyl (C=O) groups is 2. The fourth-order valence-corrected chi connectivity index (χ4v) is 4.57. The Labute approximate surface area is 188 Å². The molecule has 2 amide bonds. The summed E-state index contributed by atoms with van der Waals surface area (Å²) in [7, 11) is 1.55. The Morgan fingerprint density at radius 1 is 1.09 bits per heavy atom. The molecule has 0 saturated carbocycles. The highest BCUT2D eigenvalue weighted by Crippen LogP contribution is 2.37. The lowest BCUT2D eigenvalue weighted by atomic mass is 9.73. The number of benzene rings is 2. The van der Waals surface area contributed by atoms with Crippen molar-refractivity contribution < 1.29 is 14.3 Å². The fourth-order valence-electron chi connectivity index (χ4n) is 4.57. The minimum atomic E-state index is -0.839. The van der Waals surface area contributed by atoms with E-state index in [1.165, 1.54) is 0 Å². The summed E-state index contributed by atoms with van der Waals surface area (Å²) >= 11 is 0. The number of hydrogen-bond donors (Lipinski definition) is 1. The van der Waals surface area contributed by atoms with Crippen molar-refractivity contribution in [1.29, 1.82) is 0 Å². The number of nitrogens with zero attached hydrogens (tertiary/aromatic N) is 2. The van der Waals surface area contributed by atoms with Crippen LogP contribution in [-0.2, 0) is 11.2 Å². The second-order valence-corrected chi connectivity index (χ2v) is 8.25. The molecule has 0 spiro atoms. The lowest BCUT2D eigenvalue weighted by Crippen LogP contribution is -2.53. The number of amides is 2. The van der Waals surface area contributed by atoms with Gasteiger partial charge < -0.3 is 15.4 Å². The lowest BCUT2D eigenvalue weighted by Gasteiger charge is -2.41. The van der Waals surface area contributed by atoms with Crippen LogP contribution in [0.3, 0.4) is 0 Å². The zero-order valence-corrected chi connectivity index (χ0v) is 18.2. The van der Waals surface area contributed by atoms with Crippen LogP contribution in [0.4, 0.5) is 0 Å². The summed E-state index contributed by atoms with van der Waals surface area (Å²) in [4.78, 5) is 32.1. The number of carbonyl (C=O) groups excluding carboxylic acids is 2. The number of methoxy groups -OCH3 is 1. The Morgan fingerprint density at radius 2 is 1.88 bits per heavy atom. The van der Waals surface area contributed by atoms with Crippen LogP contribution in [0.5, 0.6) is 5.75 Å². The fraction of sp³-hybridized carbons (Fsp3) is 0.269. The van der Waals surface area contributed by atoms with Crippen LogP contribution in [0.2, 0.25) is 0 Å². The number of nitrogens with two attached hydrogens (primary N) is 1. The first-order valence-corrected chi connectivity index (χ1v) is 10.7. The number of para-hydroxylation sites is 1. The first-order valence-electron chi connectivity index (χ1n) is 10.7. The van der Waals surface area contributed by atoms with Crippen LogP contribution < -0.4 is 10.5 Å². The average molecular weight is 430 g/mol. The summed E-state index contributed by atoms with van der Waals surface area (Å²) in [5, 5.41) is 0. The molecule has 1 aromatic heterocycles. The number of ether oxygens (including phenoxy) is 1. The third kappa shape index (κ3) is 4.21. The highest BCUT2D eigenvalue weighted by molar-refractivity contribution is 5.97. The van der Waals surface area contributed by atoms with Crippen LogP contribution >= 0.6 is 0 Å². The molecule has 2 heterocycles. The Kier molecular flexibility index (Phi) is 6.21. The molecule has 0 aliphatic carbocycles. The second kappa shape index (κ2) is 9.22. The van der Waals surface area contributed by atoms with Gasteiger partial charge in [-0.05, 0) is 48.6 Å². The van der Waals surface area contributed by atoms with Crippen molar-refractivity contribution in [2.45, 2.75) is 19.3 Å². The molecule has 2 N–H and O–H groups in total. The van der Waals surface area contributed by atoms with Crippen LogP contribution in [0.15, 0.2) is 73.1 Å². The van der Waals surface area contributed by atoms with E-state index >= 15 is 0 Å². The maximum absolute atomic E-state index is 13.3. The van der Waals surface area contributed by atoms with E-state index in [4.69, 9.17) is 10.5 Å². The maximum Gasteiger partial charge on any atom is 0.257 e. The number of primary amides is 1. The standard InChI is InChI=1S/C26H27N3O3/c1-32-23-12-5-4-11-22(23)24(30)29-15-7-13-26(18-29,25(27)31)16-19-8-2-3-10-21(19)20-9-6-14-28-17-20/h2-6,8-12,14,17H,7,13,15-16,18H2,1H3,(H2,27,31)/t26-/m1/s1. The molecule has 32 heavy (non-hydrogen) atoms. The van der Waals surface area contributed by atoms with E-state index in [-0.39, 0.29) is 18.4 Å². The van der Waals surface area contributed by atoms with E-state index in [0.29, 0.717) is 37.1 Å². The molecule has 6 nitrogen and oxygen atoms in total. The number of rotatable bonds is 6. The van der Waals surface area contributed by atoms with Crippen molar-refractivity contribution in [1.82, 2.24) is 9.88 Å². The molecule has 3 aromatic rings. The summed E-state index contributed by atoms with van der Waals surface area (Å²) in [6, 6.07) is 19.0. The SMILES string of the molecule is COc1ccccc1C(=O)N1CCC[C@](Cc2ccccc2-c2cccnc2)(C(N)=O)C1. The van der Waals surface area contributed by atoms with E-state index < -0.39 is 5.41 Å². The van der Waals surface area contributed by atoms with Crippen molar-refractivity contribution in [3.8, 4) is 16.9 Å². The zero-order chi connectivity index (χ0) is 22.6. The molecule has 164 valence electrons. The lowest BCUT2D eigenvalue weighted by molar-refractivity contribution is -0.130. The van der Waals surface area contributed by atoms with E-state index in [2.05, 4.69) is 4.98 Å². The summed E-state index contributed by atoms with van der Waals surface area (Å²) < 4.78 is 5.37. The van der Waals surface area contributed by atoms with Gasteiger partial charge >= 0.3 is 0 Å². The predicted octanol–water partition coefficient (Wildman–Crippen LogP) is 3.71. The highest BCUT2D eigenvalue weighted by Gasteiger charge is 2.43. The Balaban J connectivity index is 1.65. The topological polar surface area (TPSA) is 85.5 Å². The van der Waals surface area contributed by atoms with Gasteiger partial charge in [-0.2, -0.15) is 0 Å². The van der Waals surface area contributed by atoms with Gasteiger partial charge in [-0.3, -0.25) is 14.6 Å². The summed E-state index contributed by atoms with van der Waals surface area (Å²) in [5.74, 6) is -0.000919. The molecule has 0 bridgehead atoms. The van der Waals surface area contributed by atoms with Crippen LogP contribution in [-0.4, -0.2) is 41.9 Å². The highest BCUT2D eigenvalue weighted by atomic mass is 16.5. The molecule has 1 atom stereocenters. The molecule has 1 aliphatic rings. The van der Waals surface area contributed by atoms with E-state index in [1.54, 1.807) is 30.3 Å². The quantitative estimate of drug-likeness (QED) is 0.647. The Bertz CT molecular complexity index is 1120. The summed E-state index contributed by atoms with van der Waals surface area (Å²) in [6.07, 6.45) is 5.36. The molecule has 0 unspecified atom stereocenters. The molecule has 0 radical (unpaired) electrons. The van der Waals surface area contributed by atoms with E-state index in [9.17, 15) is 9.59 Å².